The van der Waals surface area contributed by atoms with Crippen molar-refractivity contribution < 1.29 is 28.7 Å². The van der Waals surface area contributed by atoms with Crippen molar-refractivity contribution in [3.8, 4) is 5.75 Å². The molecule has 4 aliphatic rings. The van der Waals surface area contributed by atoms with E-state index in [-0.39, 0.29) is 26.9 Å². The molecule has 3 aliphatic carbocycles. The van der Waals surface area contributed by atoms with Crippen LogP contribution in [0.5, 0.6) is 5.75 Å². The van der Waals surface area contributed by atoms with E-state index in [1.54, 1.807) is 24.3 Å². The fourth-order valence-electron chi connectivity index (χ4n) is 7.73. The smallest absolute Gasteiger partial charge is 0.343 e. The van der Waals surface area contributed by atoms with Crippen LogP contribution in [0, 0.1) is 18.8 Å². The average Bonchev–Trinajstić information content (AvgIpc) is 3.40. The maximum atomic E-state index is 14.6. The van der Waals surface area contributed by atoms with Gasteiger partial charge in [0.05, 0.1) is 28.0 Å². The fraction of sp³-hybridized carbons (Fsp3) is 0.146. The zero-order chi connectivity index (χ0) is 35.6. The van der Waals surface area contributed by atoms with Crippen molar-refractivity contribution in [2.75, 3.05) is 6.54 Å². The summed E-state index contributed by atoms with van der Waals surface area (Å²) in [6.07, 6.45) is 0. The number of benzene rings is 5. The Bertz CT molecular complexity index is 2170. The number of aryl methyl sites for hydroxylation is 1. The highest BCUT2D eigenvalue weighted by Crippen LogP contribution is 2.61. The summed E-state index contributed by atoms with van der Waals surface area (Å²) in [5.74, 6) is -5.21. The quantitative estimate of drug-likeness (QED) is 0.0743. The van der Waals surface area contributed by atoms with E-state index in [9.17, 15) is 24.0 Å². The van der Waals surface area contributed by atoms with E-state index in [1.165, 1.54) is 42.5 Å². The number of Topliss-reactive ketones (excluding diaryl/α,β-unsaturated/α-hetero) is 1. The second-order valence-electron chi connectivity index (χ2n) is 12.9. The van der Waals surface area contributed by atoms with Gasteiger partial charge in [-0.1, -0.05) is 89.4 Å². The molecule has 10 heteroatoms. The van der Waals surface area contributed by atoms with Gasteiger partial charge in [0.1, 0.15) is 12.3 Å². The van der Waals surface area contributed by atoms with Crippen molar-refractivity contribution in [3.63, 3.8) is 0 Å². The molecule has 0 saturated carbocycles. The molecule has 0 N–H and O–H groups in total. The van der Waals surface area contributed by atoms with Crippen LogP contribution >= 0.6 is 23.2 Å². The molecule has 1 heterocycles. The Morgan fingerprint density at radius 2 is 1.20 bits per heavy atom. The number of carbonyl (C=O) groups excluding carboxylic acids is 5. The number of hydrazine groups is 1. The first-order chi connectivity index (χ1) is 24.6. The van der Waals surface area contributed by atoms with Crippen molar-refractivity contribution in [2.24, 2.45) is 11.8 Å². The first kappa shape index (κ1) is 32.6. The second-order valence-corrected chi connectivity index (χ2v) is 13.8. The predicted octanol–water partition coefficient (Wildman–Crippen LogP) is 7.65. The van der Waals surface area contributed by atoms with Crippen LogP contribution in [0.25, 0.3) is 0 Å². The standard InChI is InChI=1S/C41H28Cl2N2O6/c1-22-10-12-24(13-11-22)41(50)51-26-17-14-23(15-18-26)33(46)21-44(38(47)31-19-16-25(42)20-32(31)43)45-39(48)36-34-27-6-2-3-7-28(27)35(37(36)40(45)49)30-9-5-4-8-29(30)34/h2-20,34-37H,21H2,1H3/t34?,35?,36-,37-/m0/s1. The molecular formula is C41H28Cl2N2O6. The van der Waals surface area contributed by atoms with E-state index < -0.39 is 59.7 Å². The highest BCUT2D eigenvalue weighted by Gasteiger charge is 2.63. The molecule has 0 aromatic heterocycles. The van der Waals surface area contributed by atoms with E-state index in [0.717, 1.165) is 37.8 Å². The van der Waals surface area contributed by atoms with Crippen LogP contribution in [-0.4, -0.2) is 46.0 Å². The van der Waals surface area contributed by atoms with Crippen LogP contribution in [0.1, 0.15) is 70.7 Å². The van der Waals surface area contributed by atoms with Gasteiger partial charge in [-0.15, -0.1) is 0 Å². The van der Waals surface area contributed by atoms with E-state index in [0.29, 0.717) is 5.56 Å². The minimum Gasteiger partial charge on any atom is -0.423 e. The molecule has 0 unspecified atom stereocenters. The normalized spacial score (nSPS) is 19.6. The molecule has 2 bridgehead atoms. The Hall–Kier alpha value is -5.57. The maximum absolute atomic E-state index is 14.6. The molecule has 1 fully saturated rings. The summed E-state index contributed by atoms with van der Waals surface area (Å²) in [6, 6.07) is 32.6. The zero-order valence-electron chi connectivity index (χ0n) is 27.1. The fourth-order valence-corrected chi connectivity index (χ4v) is 8.22. The molecule has 51 heavy (non-hydrogen) atoms. The molecule has 9 rings (SSSR count). The highest BCUT2D eigenvalue weighted by atomic mass is 35.5. The zero-order valence-corrected chi connectivity index (χ0v) is 28.6. The number of rotatable bonds is 7. The molecule has 252 valence electrons. The number of nitrogens with zero attached hydrogens (tertiary/aromatic N) is 2. The molecular weight excluding hydrogens is 687 g/mol. The summed E-state index contributed by atoms with van der Waals surface area (Å²) in [4.78, 5) is 70.0. The maximum Gasteiger partial charge on any atom is 0.343 e. The van der Waals surface area contributed by atoms with Gasteiger partial charge in [0, 0.05) is 22.4 Å². The van der Waals surface area contributed by atoms with Gasteiger partial charge in [0.2, 0.25) is 0 Å². The van der Waals surface area contributed by atoms with Crippen LogP contribution in [0.3, 0.4) is 0 Å². The van der Waals surface area contributed by atoms with Crippen molar-refractivity contribution >= 4 is 52.7 Å². The summed E-state index contributed by atoms with van der Waals surface area (Å²) >= 11 is 12.6. The van der Waals surface area contributed by atoms with Crippen LogP contribution < -0.4 is 4.74 Å². The Balaban J connectivity index is 1.13. The van der Waals surface area contributed by atoms with Crippen molar-refractivity contribution in [1.82, 2.24) is 10.0 Å². The number of imide groups is 1. The topological polar surface area (TPSA) is 101 Å². The molecule has 1 aliphatic heterocycles. The molecule has 2 atom stereocenters. The summed E-state index contributed by atoms with van der Waals surface area (Å²) in [5, 5.41) is 2.05. The van der Waals surface area contributed by atoms with E-state index in [1.807, 2.05) is 55.5 Å². The third kappa shape index (κ3) is 5.42. The van der Waals surface area contributed by atoms with Crippen LogP contribution in [0.4, 0.5) is 0 Å². The lowest BCUT2D eigenvalue weighted by Crippen LogP contribution is -2.52. The Morgan fingerprint density at radius 1 is 0.686 bits per heavy atom. The molecule has 3 amide bonds. The lowest BCUT2D eigenvalue weighted by Gasteiger charge is -2.45. The summed E-state index contributed by atoms with van der Waals surface area (Å²) in [5.41, 5.74) is 5.41. The van der Waals surface area contributed by atoms with Crippen LogP contribution in [0.15, 0.2) is 115 Å². The number of amides is 3. The highest BCUT2D eigenvalue weighted by molar-refractivity contribution is 6.36. The molecule has 8 nitrogen and oxygen atoms in total. The lowest BCUT2D eigenvalue weighted by atomic mass is 9.55. The number of ketones is 1. The number of halogens is 2. The number of hydrogen-bond donors (Lipinski definition) is 0. The van der Waals surface area contributed by atoms with Gasteiger partial charge in [0.15, 0.2) is 5.78 Å². The third-order valence-corrected chi connectivity index (χ3v) is 10.6. The Labute approximate surface area is 303 Å². The van der Waals surface area contributed by atoms with Gasteiger partial charge in [-0.05, 0) is 83.8 Å². The lowest BCUT2D eigenvalue weighted by molar-refractivity contribution is -0.154. The van der Waals surface area contributed by atoms with Gasteiger partial charge >= 0.3 is 5.97 Å². The van der Waals surface area contributed by atoms with Crippen LogP contribution in [-0.2, 0) is 9.59 Å². The van der Waals surface area contributed by atoms with E-state index in [2.05, 4.69) is 0 Å². The first-order valence-electron chi connectivity index (χ1n) is 16.4. The van der Waals surface area contributed by atoms with E-state index in [4.69, 9.17) is 27.9 Å². The second kappa shape index (κ2) is 12.6. The number of carbonyl (C=O) groups is 5. The summed E-state index contributed by atoms with van der Waals surface area (Å²) in [6.45, 7) is 1.26. The number of hydrogen-bond acceptors (Lipinski definition) is 6. The minimum atomic E-state index is -0.809. The van der Waals surface area contributed by atoms with Crippen molar-refractivity contribution in [1.29, 1.82) is 0 Å². The van der Waals surface area contributed by atoms with Gasteiger partial charge in [0.25, 0.3) is 17.7 Å². The molecule has 0 spiro atoms. The number of ether oxygens (including phenoxy) is 1. The minimum absolute atomic E-state index is 0.00101. The van der Waals surface area contributed by atoms with Gasteiger partial charge < -0.3 is 4.74 Å². The number of esters is 1. The van der Waals surface area contributed by atoms with Crippen molar-refractivity contribution in [2.45, 2.75) is 18.8 Å². The van der Waals surface area contributed by atoms with Gasteiger partial charge in [-0.25, -0.2) is 9.80 Å². The Morgan fingerprint density at radius 3 is 1.71 bits per heavy atom. The SMILES string of the molecule is Cc1ccc(C(=O)Oc2ccc(C(=O)CN(C(=O)c3ccc(Cl)cc3Cl)N3C(=O)[C@H]4C5c6ccccc6C(c6ccccc65)[C@@H]4C3=O)cc2)cc1. The third-order valence-electron chi connectivity index (χ3n) is 10.0. The van der Waals surface area contributed by atoms with Gasteiger partial charge in [-0.2, -0.15) is 5.01 Å². The molecule has 1 saturated heterocycles. The van der Waals surface area contributed by atoms with Gasteiger partial charge in [-0.3, -0.25) is 19.2 Å². The monoisotopic (exact) mass is 714 g/mol. The summed E-state index contributed by atoms with van der Waals surface area (Å²) in [7, 11) is 0. The van der Waals surface area contributed by atoms with Crippen molar-refractivity contribution in [3.05, 3.63) is 170 Å². The summed E-state index contributed by atoms with van der Waals surface area (Å²) < 4.78 is 5.48. The molecule has 0 radical (unpaired) electrons. The van der Waals surface area contributed by atoms with E-state index >= 15 is 0 Å². The largest absolute Gasteiger partial charge is 0.423 e. The average molecular weight is 716 g/mol. The Kier molecular flexibility index (Phi) is 8.08. The molecule has 5 aromatic rings. The van der Waals surface area contributed by atoms with Crippen LogP contribution in [0.2, 0.25) is 10.0 Å². The first-order valence-corrected chi connectivity index (χ1v) is 17.1. The predicted molar refractivity (Wildman–Crippen MR) is 190 cm³/mol. The molecule has 5 aromatic carbocycles.